The Morgan fingerprint density at radius 1 is 1.18 bits per heavy atom. The van der Waals surface area contributed by atoms with Crippen molar-refractivity contribution in [2.45, 2.75) is 6.04 Å². The van der Waals surface area contributed by atoms with Gasteiger partial charge in [-0.25, -0.2) is 4.99 Å². The van der Waals surface area contributed by atoms with E-state index in [1.54, 1.807) is 0 Å². The summed E-state index contributed by atoms with van der Waals surface area (Å²) in [6, 6.07) is 13.7. The van der Waals surface area contributed by atoms with Gasteiger partial charge in [0.05, 0.1) is 18.3 Å². The Balaban J connectivity index is 1.84. The number of ether oxygens (including phenoxy) is 1. The number of benzene rings is 2. The van der Waals surface area contributed by atoms with Crippen LogP contribution in [0.2, 0.25) is 5.02 Å². The number of rotatable bonds is 2. The van der Waals surface area contributed by atoms with Gasteiger partial charge >= 0.3 is 0 Å². The molecule has 1 aliphatic heterocycles. The van der Waals surface area contributed by atoms with Crippen LogP contribution in [0.5, 0.6) is 0 Å². The van der Waals surface area contributed by atoms with Crippen molar-refractivity contribution in [2.75, 3.05) is 13.2 Å². The summed E-state index contributed by atoms with van der Waals surface area (Å²) < 4.78 is 7.60. The molecule has 1 unspecified atom stereocenters. The number of nitrogens with one attached hydrogen (secondary N) is 1. The van der Waals surface area contributed by atoms with Gasteiger partial charge in [0, 0.05) is 14.0 Å². The third kappa shape index (κ3) is 3.71. The molecule has 1 aliphatic rings. The maximum atomic E-state index is 6.26. The van der Waals surface area contributed by atoms with Crippen molar-refractivity contribution in [3.63, 3.8) is 0 Å². The van der Waals surface area contributed by atoms with Crippen molar-refractivity contribution >= 4 is 55.0 Å². The Labute approximate surface area is 151 Å². The van der Waals surface area contributed by atoms with Crippen molar-refractivity contribution in [1.82, 2.24) is 5.32 Å². The SMILES string of the molecule is Clc1ccccc1C1COC/C(=N/c2ccc(Br)cc2Br)N1. The fraction of sp³-hybridized carbons (Fsp3) is 0.188. The molecule has 1 N–H and O–H groups in total. The molecule has 0 saturated carbocycles. The lowest BCUT2D eigenvalue weighted by molar-refractivity contribution is 0.128. The molecule has 2 aromatic carbocycles. The Morgan fingerprint density at radius 2 is 2.00 bits per heavy atom. The summed E-state index contributed by atoms with van der Waals surface area (Å²) in [4.78, 5) is 4.63. The zero-order valence-electron chi connectivity index (χ0n) is 11.5. The van der Waals surface area contributed by atoms with Crippen molar-refractivity contribution in [1.29, 1.82) is 0 Å². The largest absolute Gasteiger partial charge is 0.371 e. The van der Waals surface area contributed by atoms with Crippen LogP contribution in [-0.4, -0.2) is 19.0 Å². The van der Waals surface area contributed by atoms with E-state index in [4.69, 9.17) is 16.3 Å². The van der Waals surface area contributed by atoms with Crippen LogP contribution in [0.4, 0.5) is 5.69 Å². The standard InChI is InChI=1S/C16H13Br2ClN2O/c17-10-5-6-14(12(18)7-10)20-16-9-22-8-15(21-16)11-3-1-2-4-13(11)19/h1-7,15H,8-9H2,(H,20,21). The zero-order valence-corrected chi connectivity index (χ0v) is 15.5. The fourth-order valence-electron chi connectivity index (χ4n) is 2.27. The highest BCUT2D eigenvalue weighted by atomic mass is 79.9. The molecule has 6 heteroatoms. The van der Waals surface area contributed by atoms with Crippen LogP contribution < -0.4 is 5.32 Å². The van der Waals surface area contributed by atoms with Crippen molar-refractivity contribution in [3.05, 3.63) is 62.0 Å². The zero-order chi connectivity index (χ0) is 15.5. The molecule has 0 aromatic heterocycles. The van der Waals surface area contributed by atoms with Gasteiger partial charge in [0.25, 0.3) is 0 Å². The molecule has 22 heavy (non-hydrogen) atoms. The van der Waals surface area contributed by atoms with Crippen LogP contribution in [-0.2, 0) is 4.74 Å². The lowest BCUT2D eigenvalue weighted by Crippen LogP contribution is -2.40. The van der Waals surface area contributed by atoms with Crippen molar-refractivity contribution in [2.24, 2.45) is 4.99 Å². The van der Waals surface area contributed by atoms with Gasteiger partial charge in [-0.1, -0.05) is 45.7 Å². The molecule has 1 saturated heterocycles. The van der Waals surface area contributed by atoms with E-state index in [-0.39, 0.29) is 6.04 Å². The molecule has 114 valence electrons. The number of aliphatic imine (C=N–C) groups is 1. The monoisotopic (exact) mass is 442 g/mol. The average molecular weight is 445 g/mol. The fourth-order valence-corrected chi connectivity index (χ4v) is 3.67. The third-order valence-electron chi connectivity index (χ3n) is 3.31. The Hall–Kier alpha value is -0.880. The molecule has 1 fully saturated rings. The first kappa shape index (κ1) is 16.0. The van der Waals surface area contributed by atoms with Crippen LogP contribution in [0, 0.1) is 0 Å². The highest BCUT2D eigenvalue weighted by Gasteiger charge is 2.21. The van der Waals surface area contributed by atoms with Crippen LogP contribution in [0.15, 0.2) is 56.4 Å². The first-order valence-electron chi connectivity index (χ1n) is 6.75. The number of hydrogen-bond donors (Lipinski definition) is 1. The molecular formula is C16H13Br2ClN2O. The topological polar surface area (TPSA) is 33.6 Å². The van der Waals surface area contributed by atoms with Crippen molar-refractivity contribution < 1.29 is 4.74 Å². The molecule has 3 rings (SSSR count). The summed E-state index contributed by atoms with van der Waals surface area (Å²) in [7, 11) is 0. The normalized spacial score (nSPS) is 20.0. The number of amidine groups is 1. The minimum absolute atomic E-state index is 0.00965. The minimum atomic E-state index is 0.00965. The lowest BCUT2D eigenvalue weighted by Gasteiger charge is -2.27. The summed E-state index contributed by atoms with van der Waals surface area (Å²) in [5, 5.41) is 4.14. The second-order valence-electron chi connectivity index (χ2n) is 4.89. The van der Waals surface area contributed by atoms with Crippen LogP contribution >= 0.6 is 43.5 Å². The number of nitrogens with zero attached hydrogens (tertiary/aromatic N) is 1. The smallest absolute Gasteiger partial charge is 0.129 e. The molecule has 0 radical (unpaired) electrons. The van der Waals surface area contributed by atoms with Gasteiger partial charge in [0.1, 0.15) is 12.4 Å². The van der Waals surface area contributed by atoms with E-state index in [0.717, 1.165) is 31.1 Å². The molecule has 0 amide bonds. The second kappa shape index (κ2) is 7.13. The van der Waals surface area contributed by atoms with Gasteiger partial charge in [-0.2, -0.15) is 0 Å². The van der Waals surface area contributed by atoms with Gasteiger partial charge in [0.2, 0.25) is 0 Å². The number of morpholine rings is 1. The maximum Gasteiger partial charge on any atom is 0.129 e. The lowest BCUT2D eigenvalue weighted by atomic mass is 10.1. The second-order valence-corrected chi connectivity index (χ2v) is 7.07. The van der Waals surface area contributed by atoms with Gasteiger partial charge in [0.15, 0.2) is 0 Å². The van der Waals surface area contributed by atoms with E-state index < -0.39 is 0 Å². The van der Waals surface area contributed by atoms with Crippen LogP contribution in [0.25, 0.3) is 0 Å². The first-order chi connectivity index (χ1) is 10.6. The molecule has 0 aliphatic carbocycles. The molecule has 1 atom stereocenters. The highest BCUT2D eigenvalue weighted by molar-refractivity contribution is 9.11. The molecule has 3 nitrogen and oxygen atoms in total. The molecule has 0 bridgehead atoms. The van der Waals surface area contributed by atoms with Gasteiger partial charge in [-0.05, 0) is 45.8 Å². The van der Waals surface area contributed by atoms with E-state index in [0.29, 0.717) is 13.2 Å². The molecular weight excluding hydrogens is 431 g/mol. The predicted molar refractivity (Wildman–Crippen MR) is 97.1 cm³/mol. The quantitative estimate of drug-likeness (QED) is 0.686. The average Bonchev–Trinajstić information content (AvgIpc) is 2.51. The van der Waals surface area contributed by atoms with E-state index in [2.05, 4.69) is 42.2 Å². The van der Waals surface area contributed by atoms with Gasteiger partial charge in [-0.3, -0.25) is 0 Å². The molecule has 2 aromatic rings. The van der Waals surface area contributed by atoms with E-state index in [1.807, 2.05) is 42.5 Å². The minimum Gasteiger partial charge on any atom is -0.371 e. The highest BCUT2D eigenvalue weighted by Crippen LogP contribution is 2.30. The van der Waals surface area contributed by atoms with E-state index in [9.17, 15) is 0 Å². The Bertz CT molecular complexity index is 721. The first-order valence-corrected chi connectivity index (χ1v) is 8.71. The summed E-state index contributed by atoms with van der Waals surface area (Å²) in [6.45, 7) is 1.04. The molecule has 0 spiro atoms. The number of hydrogen-bond acceptors (Lipinski definition) is 2. The Kier molecular flexibility index (Phi) is 5.18. The predicted octanol–water partition coefficient (Wildman–Crippen LogP) is 5.26. The summed E-state index contributed by atoms with van der Waals surface area (Å²) in [5.74, 6) is 0.791. The number of halogens is 3. The van der Waals surface area contributed by atoms with E-state index in [1.165, 1.54) is 0 Å². The summed E-state index contributed by atoms with van der Waals surface area (Å²) in [5.41, 5.74) is 1.88. The van der Waals surface area contributed by atoms with Gasteiger partial charge in [-0.15, -0.1) is 0 Å². The van der Waals surface area contributed by atoms with E-state index >= 15 is 0 Å². The third-order valence-corrected chi connectivity index (χ3v) is 4.78. The summed E-state index contributed by atoms with van der Waals surface area (Å²) in [6.07, 6.45) is 0. The van der Waals surface area contributed by atoms with Gasteiger partial charge < -0.3 is 10.1 Å². The Morgan fingerprint density at radius 3 is 2.77 bits per heavy atom. The van der Waals surface area contributed by atoms with Crippen LogP contribution in [0.3, 0.4) is 0 Å². The van der Waals surface area contributed by atoms with Crippen molar-refractivity contribution in [3.8, 4) is 0 Å². The molecule has 1 heterocycles. The summed E-state index contributed by atoms with van der Waals surface area (Å²) >= 11 is 13.2. The van der Waals surface area contributed by atoms with Crippen LogP contribution in [0.1, 0.15) is 11.6 Å². The maximum absolute atomic E-state index is 6.26.